The van der Waals surface area contributed by atoms with E-state index in [9.17, 15) is 23.6 Å². The van der Waals surface area contributed by atoms with Crippen LogP contribution in [-0.4, -0.2) is 53.0 Å². The van der Waals surface area contributed by atoms with Crippen molar-refractivity contribution in [3.05, 3.63) is 85.3 Å². The molecular formula is C25H22F2N4O2S. The summed E-state index contributed by atoms with van der Waals surface area (Å²) in [5, 5.41) is 9.95. The Morgan fingerprint density at radius 3 is 2.18 bits per heavy atom. The van der Waals surface area contributed by atoms with Gasteiger partial charge in [-0.1, -0.05) is 19.1 Å². The number of aromatic nitrogens is 1. The number of carbonyl (C=O) groups excluding carboxylic acids is 1. The zero-order valence-corrected chi connectivity index (χ0v) is 19.3. The van der Waals surface area contributed by atoms with Crippen molar-refractivity contribution >= 4 is 28.9 Å². The first kappa shape index (κ1) is 23.5. The van der Waals surface area contributed by atoms with Gasteiger partial charge in [-0.15, -0.1) is 11.3 Å². The van der Waals surface area contributed by atoms with E-state index in [1.807, 2.05) is 6.07 Å². The molecule has 0 unspecified atom stereocenters. The minimum Gasteiger partial charge on any atom is -0.335 e. The summed E-state index contributed by atoms with van der Waals surface area (Å²) < 4.78 is 28.5. The lowest BCUT2D eigenvalue weighted by molar-refractivity contribution is -0.126. The fraction of sp³-hybridized carbons (Fsp3) is 0.240. The summed E-state index contributed by atoms with van der Waals surface area (Å²) in [5.74, 6) is -1.31. The molecule has 9 heteroatoms. The highest BCUT2D eigenvalue weighted by Crippen LogP contribution is 2.10. The standard InChI is InChI=1S/C25H22F2N4O2S/c1-2-29-11-13-30(14-12-29)23(32)21(16-28)25-31(20-9-7-19(27)8-10-20)24(33)22(34-25)15-17-3-5-18(26)6-4-17/h3-10,15H,2,11-14H2,1H3/b22-15-,25-21-. The molecule has 6 nitrogen and oxygen atoms in total. The van der Waals surface area contributed by atoms with Gasteiger partial charge in [-0.3, -0.25) is 14.2 Å². The summed E-state index contributed by atoms with van der Waals surface area (Å²) in [7, 11) is 0. The van der Waals surface area contributed by atoms with E-state index in [0.717, 1.165) is 17.9 Å². The second-order valence-electron chi connectivity index (χ2n) is 7.80. The smallest absolute Gasteiger partial charge is 0.273 e. The number of amides is 1. The normalized spacial score (nSPS) is 15.8. The number of hydrogen-bond donors (Lipinski definition) is 0. The van der Waals surface area contributed by atoms with E-state index < -0.39 is 23.1 Å². The van der Waals surface area contributed by atoms with Crippen molar-refractivity contribution in [1.29, 1.82) is 5.26 Å². The van der Waals surface area contributed by atoms with Crippen molar-refractivity contribution in [1.82, 2.24) is 14.4 Å². The van der Waals surface area contributed by atoms with Gasteiger partial charge in [-0.2, -0.15) is 5.26 Å². The molecule has 1 fully saturated rings. The molecule has 0 aliphatic carbocycles. The maximum absolute atomic E-state index is 13.5. The first-order valence-corrected chi connectivity index (χ1v) is 11.6. The Kier molecular flexibility index (Phi) is 7.01. The van der Waals surface area contributed by atoms with Crippen molar-refractivity contribution in [3.63, 3.8) is 0 Å². The topological polar surface area (TPSA) is 69.3 Å². The quantitative estimate of drug-likeness (QED) is 0.572. The van der Waals surface area contributed by atoms with Gasteiger partial charge >= 0.3 is 0 Å². The fourth-order valence-electron chi connectivity index (χ4n) is 3.80. The van der Waals surface area contributed by atoms with Gasteiger partial charge in [0.15, 0.2) is 5.57 Å². The summed E-state index contributed by atoms with van der Waals surface area (Å²) in [6.45, 7) is 5.32. The van der Waals surface area contributed by atoms with E-state index in [4.69, 9.17) is 0 Å². The van der Waals surface area contributed by atoms with Gasteiger partial charge in [0, 0.05) is 26.2 Å². The number of likely N-dealkylation sites (N-methyl/N-ethyl adjacent to an activating group) is 1. The first-order chi connectivity index (χ1) is 16.4. The maximum atomic E-state index is 13.5. The third kappa shape index (κ3) is 4.83. The molecule has 1 aromatic heterocycles. The van der Waals surface area contributed by atoms with Gasteiger partial charge in [0.05, 0.1) is 10.2 Å². The van der Waals surface area contributed by atoms with Crippen LogP contribution in [0.15, 0.2) is 53.3 Å². The molecule has 0 radical (unpaired) electrons. The number of halogens is 2. The van der Waals surface area contributed by atoms with Crippen molar-refractivity contribution in [3.8, 4) is 11.8 Å². The fourth-order valence-corrected chi connectivity index (χ4v) is 4.89. The SMILES string of the molecule is CCN1CCN(C(=O)/C(C#N)=c2\s/c(=C\c3ccc(F)cc3)c(=O)n2-c2ccc(F)cc2)CC1. The average Bonchev–Trinajstić information content (AvgIpc) is 3.17. The van der Waals surface area contributed by atoms with Crippen LogP contribution in [0.2, 0.25) is 0 Å². The van der Waals surface area contributed by atoms with Crippen LogP contribution in [0.5, 0.6) is 0 Å². The maximum Gasteiger partial charge on any atom is 0.273 e. The Morgan fingerprint density at radius 1 is 1.03 bits per heavy atom. The summed E-state index contributed by atoms with van der Waals surface area (Å²) in [5.41, 5.74) is 0.341. The zero-order chi connectivity index (χ0) is 24.2. The van der Waals surface area contributed by atoms with Crippen LogP contribution in [0.3, 0.4) is 0 Å². The molecule has 1 saturated heterocycles. The summed E-state index contributed by atoms with van der Waals surface area (Å²) in [4.78, 5) is 30.5. The molecule has 4 rings (SSSR count). The molecule has 3 aromatic rings. The van der Waals surface area contributed by atoms with Crippen LogP contribution < -0.4 is 14.8 Å². The lowest BCUT2D eigenvalue weighted by atomic mass is 10.2. The first-order valence-electron chi connectivity index (χ1n) is 10.8. The number of piperazine rings is 1. The average molecular weight is 481 g/mol. The van der Waals surface area contributed by atoms with E-state index in [1.165, 1.54) is 53.1 Å². The third-order valence-corrected chi connectivity index (χ3v) is 6.81. The second-order valence-corrected chi connectivity index (χ2v) is 8.83. The number of benzene rings is 2. The molecule has 0 spiro atoms. The second kappa shape index (κ2) is 10.1. The van der Waals surface area contributed by atoms with E-state index in [2.05, 4.69) is 11.8 Å². The van der Waals surface area contributed by atoms with Gasteiger partial charge in [-0.25, -0.2) is 8.78 Å². The predicted octanol–water partition coefficient (Wildman–Crippen LogP) is 1.84. The molecule has 1 aliphatic rings. The minimum atomic E-state index is -0.471. The Morgan fingerprint density at radius 2 is 1.62 bits per heavy atom. The molecule has 2 aromatic carbocycles. The van der Waals surface area contributed by atoms with Crippen LogP contribution in [0.25, 0.3) is 17.3 Å². The van der Waals surface area contributed by atoms with E-state index in [0.29, 0.717) is 37.4 Å². The lowest BCUT2D eigenvalue weighted by Gasteiger charge is -2.33. The summed E-state index contributed by atoms with van der Waals surface area (Å²) >= 11 is 1.00. The highest BCUT2D eigenvalue weighted by Gasteiger charge is 2.25. The molecule has 1 amide bonds. The molecule has 0 saturated carbocycles. The van der Waals surface area contributed by atoms with E-state index >= 15 is 0 Å². The Bertz CT molecular complexity index is 1410. The van der Waals surface area contributed by atoms with E-state index in [-0.39, 0.29) is 14.8 Å². The van der Waals surface area contributed by atoms with Crippen LogP contribution in [0.4, 0.5) is 8.78 Å². The summed E-state index contributed by atoms with van der Waals surface area (Å²) in [6, 6.07) is 12.9. The van der Waals surface area contributed by atoms with Crippen molar-refractivity contribution < 1.29 is 13.6 Å². The Labute approximate surface area is 198 Å². The van der Waals surface area contributed by atoms with Gasteiger partial charge in [0.2, 0.25) is 0 Å². The molecule has 0 atom stereocenters. The Hall–Kier alpha value is -3.61. The number of rotatable bonds is 4. The number of thiazole rings is 1. The molecule has 1 aliphatic heterocycles. The monoisotopic (exact) mass is 480 g/mol. The van der Waals surface area contributed by atoms with E-state index in [1.54, 1.807) is 11.0 Å². The number of nitriles is 1. The van der Waals surface area contributed by atoms with Crippen molar-refractivity contribution in [2.45, 2.75) is 6.92 Å². The number of nitrogens with zero attached hydrogens (tertiary/aromatic N) is 4. The molecule has 0 N–H and O–H groups in total. The number of hydrogen-bond acceptors (Lipinski definition) is 5. The van der Waals surface area contributed by atoms with Crippen LogP contribution in [0, 0.1) is 23.0 Å². The molecule has 174 valence electrons. The van der Waals surface area contributed by atoms with Gasteiger partial charge in [0.1, 0.15) is 22.4 Å². The molecular weight excluding hydrogens is 458 g/mol. The molecule has 0 bridgehead atoms. The van der Waals surface area contributed by atoms with Gasteiger partial charge < -0.3 is 9.80 Å². The Balaban J connectivity index is 1.90. The zero-order valence-electron chi connectivity index (χ0n) is 18.5. The molecule has 2 heterocycles. The highest BCUT2D eigenvalue weighted by molar-refractivity contribution is 7.07. The van der Waals surface area contributed by atoms with Crippen LogP contribution in [-0.2, 0) is 4.79 Å². The van der Waals surface area contributed by atoms with Crippen LogP contribution in [0.1, 0.15) is 12.5 Å². The minimum absolute atomic E-state index is 0.143. The van der Waals surface area contributed by atoms with Gasteiger partial charge in [0.25, 0.3) is 11.5 Å². The van der Waals surface area contributed by atoms with Gasteiger partial charge in [-0.05, 0) is 54.6 Å². The van der Waals surface area contributed by atoms with Crippen molar-refractivity contribution in [2.75, 3.05) is 32.7 Å². The summed E-state index contributed by atoms with van der Waals surface area (Å²) in [6.07, 6.45) is 1.58. The predicted molar refractivity (Wildman–Crippen MR) is 127 cm³/mol. The van der Waals surface area contributed by atoms with Crippen molar-refractivity contribution in [2.24, 2.45) is 0 Å². The number of carbonyl (C=O) groups is 1. The molecule has 34 heavy (non-hydrogen) atoms. The van der Waals surface area contributed by atoms with Crippen LogP contribution >= 0.6 is 11.3 Å². The largest absolute Gasteiger partial charge is 0.335 e. The lowest BCUT2D eigenvalue weighted by Crippen LogP contribution is -2.49. The highest BCUT2D eigenvalue weighted by atomic mass is 32.1. The third-order valence-electron chi connectivity index (χ3n) is 5.72.